The first kappa shape index (κ1) is 15.4. The van der Waals surface area contributed by atoms with Gasteiger partial charge in [0.25, 0.3) is 0 Å². The van der Waals surface area contributed by atoms with Gasteiger partial charge in [-0.15, -0.1) is 0 Å². The fourth-order valence-corrected chi connectivity index (χ4v) is 4.03. The summed E-state index contributed by atoms with van der Waals surface area (Å²) in [4.78, 5) is 19.8. The van der Waals surface area contributed by atoms with E-state index in [-0.39, 0.29) is 5.78 Å². The molecule has 22 heavy (non-hydrogen) atoms. The molecule has 0 spiro atoms. The number of fused-ring (bicyclic) bond motifs is 1. The molecular weight excluding hydrogens is 393 g/mol. The molecule has 3 rings (SSSR count). The van der Waals surface area contributed by atoms with Crippen LogP contribution in [-0.4, -0.2) is 25.5 Å². The van der Waals surface area contributed by atoms with Crippen molar-refractivity contribution in [3.63, 3.8) is 0 Å². The SMILES string of the molecule is C=CC(=O)CC1CCC(Cn2nc(I)c3c(N)ncnc32)C1. The molecule has 1 saturated carbocycles. The van der Waals surface area contributed by atoms with Gasteiger partial charge in [-0.25, -0.2) is 14.6 Å². The summed E-state index contributed by atoms with van der Waals surface area (Å²) in [5, 5.41) is 5.39. The third kappa shape index (κ3) is 2.99. The van der Waals surface area contributed by atoms with Gasteiger partial charge in [0.2, 0.25) is 0 Å². The Morgan fingerprint density at radius 1 is 1.45 bits per heavy atom. The highest BCUT2D eigenvalue weighted by Gasteiger charge is 2.27. The minimum absolute atomic E-state index is 0.144. The van der Waals surface area contributed by atoms with E-state index in [1.54, 1.807) is 0 Å². The van der Waals surface area contributed by atoms with E-state index >= 15 is 0 Å². The number of anilines is 1. The van der Waals surface area contributed by atoms with Gasteiger partial charge in [0.15, 0.2) is 11.4 Å². The van der Waals surface area contributed by atoms with E-state index in [0.29, 0.717) is 24.1 Å². The van der Waals surface area contributed by atoms with Gasteiger partial charge in [-0.3, -0.25) is 4.79 Å². The van der Waals surface area contributed by atoms with Crippen molar-refractivity contribution in [1.82, 2.24) is 19.7 Å². The molecule has 2 aromatic rings. The first-order chi connectivity index (χ1) is 10.6. The van der Waals surface area contributed by atoms with Gasteiger partial charge in [0.05, 0.1) is 5.39 Å². The Labute approximate surface area is 142 Å². The minimum atomic E-state index is 0.144. The molecule has 2 atom stereocenters. The Morgan fingerprint density at radius 3 is 3.00 bits per heavy atom. The number of nitrogens with two attached hydrogens (primary N) is 1. The summed E-state index contributed by atoms with van der Waals surface area (Å²) in [5.74, 6) is 1.61. The van der Waals surface area contributed by atoms with Crippen LogP contribution in [0.1, 0.15) is 25.7 Å². The smallest absolute Gasteiger partial charge is 0.164 e. The number of carbonyl (C=O) groups is 1. The highest BCUT2D eigenvalue weighted by molar-refractivity contribution is 14.1. The zero-order valence-electron chi connectivity index (χ0n) is 12.2. The Bertz CT molecular complexity index is 726. The molecule has 0 radical (unpaired) electrons. The van der Waals surface area contributed by atoms with Gasteiger partial charge in [-0.05, 0) is 59.8 Å². The van der Waals surface area contributed by atoms with Crippen molar-refractivity contribution in [2.24, 2.45) is 11.8 Å². The van der Waals surface area contributed by atoms with E-state index < -0.39 is 0 Å². The predicted molar refractivity (Wildman–Crippen MR) is 93.1 cm³/mol. The number of allylic oxidation sites excluding steroid dienone is 1. The Hall–Kier alpha value is -1.51. The predicted octanol–water partition coefficient (Wildman–Crippen LogP) is 2.57. The number of hydrogen-bond donors (Lipinski definition) is 1. The van der Waals surface area contributed by atoms with Gasteiger partial charge < -0.3 is 5.73 Å². The largest absolute Gasteiger partial charge is 0.383 e. The zero-order chi connectivity index (χ0) is 15.7. The quantitative estimate of drug-likeness (QED) is 0.604. The lowest BCUT2D eigenvalue weighted by atomic mass is 9.99. The molecule has 1 aliphatic rings. The van der Waals surface area contributed by atoms with E-state index in [0.717, 1.165) is 40.5 Å². The lowest BCUT2D eigenvalue weighted by Gasteiger charge is -2.11. The standard InChI is InChI=1S/C15H18IN5O/c1-2-11(22)6-9-3-4-10(5-9)7-21-15-12(13(16)20-21)14(17)18-8-19-15/h2,8-10H,1,3-7H2,(H2,17,18,19). The maximum Gasteiger partial charge on any atom is 0.164 e. The summed E-state index contributed by atoms with van der Waals surface area (Å²) in [6.45, 7) is 4.36. The number of rotatable bonds is 5. The monoisotopic (exact) mass is 411 g/mol. The second-order valence-electron chi connectivity index (χ2n) is 5.85. The Morgan fingerprint density at radius 2 is 2.23 bits per heavy atom. The van der Waals surface area contributed by atoms with Gasteiger partial charge in [-0.1, -0.05) is 6.58 Å². The minimum Gasteiger partial charge on any atom is -0.383 e. The summed E-state index contributed by atoms with van der Waals surface area (Å²) in [5.41, 5.74) is 6.71. The molecule has 1 aliphatic carbocycles. The first-order valence-electron chi connectivity index (χ1n) is 7.36. The first-order valence-corrected chi connectivity index (χ1v) is 8.44. The normalized spacial score (nSPS) is 21.3. The van der Waals surface area contributed by atoms with Crippen LogP contribution in [0.15, 0.2) is 19.0 Å². The number of nitrogen functional groups attached to an aromatic ring is 1. The summed E-state index contributed by atoms with van der Waals surface area (Å²) in [7, 11) is 0. The van der Waals surface area contributed by atoms with Gasteiger partial charge in [0, 0.05) is 13.0 Å². The molecule has 0 amide bonds. The topological polar surface area (TPSA) is 86.7 Å². The van der Waals surface area contributed by atoms with E-state index in [1.165, 1.54) is 12.4 Å². The molecule has 2 N–H and O–H groups in total. The van der Waals surface area contributed by atoms with E-state index in [2.05, 4.69) is 44.2 Å². The average molecular weight is 411 g/mol. The van der Waals surface area contributed by atoms with Gasteiger partial charge in [0.1, 0.15) is 15.8 Å². The molecule has 1 fully saturated rings. The van der Waals surface area contributed by atoms with E-state index in [4.69, 9.17) is 5.73 Å². The van der Waals surface area contributed by atoms with Crippen molar-refractivity contribution >= 4 is 45.2 Å². The maximum absolute atomic E-state index is 11.5. The van der Waals surface area contributed by atoms with Crippen LogP contribution >= 0.6 is 22.6 Å². The van der Waals surface area contributed by atoms with Crippen LogP contribution < -0.4 is 5.73 Å². The van der Waals surface area contributed by atoms with Crippen molar-refractivity contribution in [3.8, 4) is 0 Å². The Balaban J connectivity index is 1.74. The van der Waals surface area contributed by atoms with Gasteiger partial charge >= 0.3 is 0 Å². The maximum atomic E-state index is 11.5. The van der Waals surface area contributed by atoms with Crippen LogP contribution in [0.2, 0.25) is 0 Å². The molecule has 0 saturated heterocycles. The lowest BCUT2D eigenvalue weighted by molar-refractivity contribution is -0.115. The van der Waals surface area contributed by atoms with Gasteiger partial charge in [-0.2, -0.15) is 5.10 Å². The molecule has 0 bridgehead atoms. The van der Waals surface area contributed by atoms with E-state index in [1.807, 2.05) is 4.68 Å². The fraction of sp³-hybridized carbons (Fsp3) is 0.467. The number of halogens is 1. The zero-order valence-corrected chi connectivity index (χ0v) is 14.4. The van der Waals surface area contributed by atoms with Crippen LogP contribution in [-0.2, 0) is 11.3 Å². The lowest BCUT2D eigenvalue weighted by Crippen LogP contribution is -2.11. The fourth-order valence-electron chi connectivity index (χ4n) is 3.26. The molecule has 7 heteroatoms. The van der Waals surface area contributed by atoms with Crippen molar-refractivity contribution in [2.45, 2.75) is 32.2 Å². The molecule has 2 heterocycles. The molecule has 0 aromatic carbocycles. The van der Waals surface area contributed by atoms with Crippen molar-refractivity contribution in [3.05, 3.63) is 22.7 Å². The number of hydrogen-bond acceptors (Lipinski definition) is 5. The van der Waals surface area contributed by atoms with Crippen LogP contribution in [0.25, 0.3) is 11.0 Å². The number of carbonyl (C=O) groups excluding carboxylic acids is 1. The van der Waals surface area contributed by atoms with Crippen molar-refractivity contribution < 1.29 is 4.79 Å². The summed E-state index contributed by atoms with van der Waals surface area (Å²) >= 11 is 2.17. The Kier molecular flexibility index (Phi) is 4.42. The number of aromatic nitrogens is 4. The second-order valence-corrected chi connectivity index (χ2v) is 6.87. The van der Waals surface area contributed by atoms with Crippen LogP contribution in [0, 0.1) is 15.5 Å². The molecule has 116 valence electrons. The molecular formula is C15H18IN5O. The summed E-state index contributed by atoms with van der Waals surface area (Å²) in [6.07, 6.45) is 6.79. The van der Waals surface area contributed by atoms with Crippen LogP contribution in [0.3, 0.4) is 0 Å². The van der Waals surface area contributed by atoms with Crippen LogP contribution in [0.4, 0.5) is 5.82 Å². The molecule has 6 nitrogen and oxygen atoms in total. The molecule has 0 aliphatic heterocycles. The van der Waals surface area contributed by atoms with E-state index in [9.17, 15) is 4.79 Å². The van der Waals surface area contributed by atoms with Crippen molar-refractivity contribution in [2.75, 3.05) is 5.73 Å². The molecule has 2 aromatic heterocycles. The number of nitrogens with zero attached hydrogens (tertiary/aromatic N) is 4. The third-order valence-electron chi connectivity index (χ3n) is 4.31. The number of ketones is 1. The highest BCUT2D eigenvalue weighted by atomic mass is 127. The van der Waals surface area contributed by atoms with Crippen molar-refractivity contribution in [1.29, 1.82) is 0 Å². The highest BCUT2D eigenvalue weighted by Crippen LogP contribution is 2.35. The molecule has 2 unspecified atom stereocenters. The van der Waals surface area contributed by atoms with Crippen LogP contribution in [0.5, 0.6) is 0 Å². The third-order valence-corrected chi connectivity index (χ3v) is 5.07. The summed E-state index contributed by atoms with van der Waals surface area (Å²) in [6, 6.07) is 0. The summed E-state index contributed by atoms with van der Waals surface area (Å²) < 4.78 is 2.76. The second kappa shape index (κ2) is 6.31. The average Bonchev–Trinajstić information content (AvgIpc) is 3.05.